The number of rotatable bonds is 3. The maximum absolute atomic E-state index is 11.4. The maximum atomic E-state index is 11.4. The largest absolute Gasteiger partial charge is 0.307 e. The molecule has 8 heteroatoms. The predicted octanol–water partition coefficient (Wildman–Crippen LogP) is 3.21. The smallest absolute Gasteiger partial charge is 0.269 e. The van der Waals surface area contributed by atoms with Crippen molar-refractivity contribution < 1.29 is 9.72 Å². The highest BCUT2D eigenvalue weighted by Gasteiger charge is 2.21. The summed E-state index contributed by atoms with van der Waals surface area (Å²) >= 11 is 12.0. The predicted molar refractivity (Wildman–Crippen MR) is 83.3 cm³/mol. The molecule has 1 aliphatic rings. The van der Waals surface area contributed by atoms with Crippen molar-refractivity contribution in [1.82, 2.24) is 5.32 Å². The van der Waals surface area contributed by atoms with Crippen LogP contribution in [0.3, 0.4) is 0 Å². The monoisotopic (exact) mass is 326 g/mol. The molecule has 0 aliphatic carbocycles. The van der Waals surface area contributed by atoms with E-state index in [2.05, 4.69) is 5.32 Å². The lowest BCUT2D eigenvalue weighted by Gasteiger charge is -1.96. The summed E-state index contributed by atoms with van der Waals surface area (Å²) in [6.45, 7) is 0. The molecule has 0 spiro atoms. The minimum Gasteiger partial charge on any atom is -0.307 e. The molecule has 102 valence electrons. The van der Waals surface area contributed by atoms with E-state index in [9.17, 15) is 14.9 Å². The van der Waals surface area contributed by atoms with E-state index in [1.807, 2.05) is 0 Å². The van der Waals surface area contributed by atoms with Gasteiger partial charge in [-0.2, -0.15) is 0 Å². The van der Waals surface area contributed by atoms with Crippen LogP contribution in [0.25, 0.3) is 6.08 Å². The van der Waals surface area contributed by atoms with Gasteiger partial charge in [-0.15, -0.1) is 0 Å². The molecule has 1 aromatic rings. The van der Waals surface area contributed by atoms with Crippen molar-refractivity contribution >= 4 is 57.6 Å². The third-order valence-corrected chi connectivity index (χ3v) is 3.70. The molecule has 1 heterocycles. The average Bonchev–Trinajstić information content (AvgIpc) is 2.68. The lowest BCUT2D eigenvalue weighted by molar-refractivity contribution is -0.384. The number of nitro groups is 1. The van der Waals surface area contributed by atoms with Crippen LogP contribution in [-0.2, 0) is 4.79 Å². The van der Waals surface area contributed by atoms with Gasteiger partial charge in [-0.1, -0.05) is 35.6 Å². The summed E-state index contributed by atoms with van der Waals surface area (Å²) in [5.74, 6) is -0.282. The van der Waals surface area contributed by atoms with E-state index >= 15 is 0 Å². The number of thioether (sulfide) groups is 1. The Hall–Kier alpha value is -1.70. The Labute approximate surface area is 128 Å². The molecule has 1 fully saturated rings. The van der Waals surface area contributed by atoms with E-state index in [4.69, 9.17) is 23.8 Å². The van der Waals surface area contributed by atoms with Crippen molar-refractivity contribution in [3.63, 3.8) is 0 Å². The Morgan fingerprint density at radius 2 is 2.05 bits per heavy atom. The molecule has 1 aromatic carbocycles. The lowest BCUT2D eigenvalue weighted by Crippen LogP contribution is -2.17. The van der Waals surface area contributed by atoms with Crippen molar-refractivity contribution in [2.24, 2.45) is 0 Å². The number of carbonyl (C=O) groups excluding carboxylic acids is 1. The molecule has 0 aromatic heterocycles. The summed E-state index contributed by atoms with van der Waals surface area (Å²) in [6.07, 6.45) is 3.11. The number of benzene rings is 1. The summed E-state index contributed by atoms with van der Waals surface area (Å²) in [5.41, 5.74) is 0.705. The second-order valence-electron chi connectivity index (χ2n) is 3.73. The molecule has 20 heavy (non-hydrogen) atoms. The SMILES string of the molecule is O=C1NC(=S)S/C1=C\C(Cl)=C/c1ccc([N+](=O)[O-])cc1. The molecule has 0 radical (unpaired) electrons. The van der Waals surface area contributed by atoms with Crippen molar-refractivity contribution in [3.05, 3.63) is 56.0 Å². The molecule has 1 aliphatic heterocycles. The molecule has 1 amide bonds. The third kappa shape index (κ3) is 3.66. The molecule has 1 saturated heterocycles. The number of allylic oxidation sites excluding steroid dienone is 2. The van der Waals surface area contributed by atoms with Gasteiger partial charge in [0.15, 0.2) is 0 Å². The van der Waals surface area contributed by atoms with Crippen molar-refractivity contribution in [1.29, 1.82) is 0 Å². The minimum absolute atomic E-state index is 0.00713. The molecular formula is C12H7ClN2O3S2. The Morgan fingerprint density at radius 1 is 1.40 bits per heavy atom. The molecule has 1 N–H and O–H groups in total. The summed E-state index contributed by atoms with van der Waals surface area (Å²) < 4.78 is 0.390. The number of nitro benzene ring substituents is 1. The summed E-state index contributed by atoms with van der Waals surface area (Å²) in [6, 6.07) is 5.92. The lowest BCUT2D eigenvalue weighted by atomic mass is 10.2. The first-order chi connectivity index (χ1) is 9.45. The van der Waals surface area contributed by atoms with Gasteiger partial charge in [0.1, 0.15) is 4.32 Å². The van der Waals surface area contributed by atoms with Crippen LogP contribution in [-0.4, -0.2) is 15.2 Å². The van der Waals surface area contributed by atoms with Crippen LogP contribution < -0.4 is 5.32 Å². The topological polar surface area (TPSA) is 72.2 Å². The van der Waals surface area contributed by atoms with E-state index in [0.29, 0.717) is 19.8 Å². The van der Waals surface area contributed by atoms with Gasteiger partial charge in [0.05, 0.1) is 9.83 Å². The maximum Gasteiger partial charge on any atom is 0.269 e. The molecule has 5 nitrogen and oxygen atoms in total. The molecule has 2 rings (SSSR count). The Morgan fingerprint density at radius 3 is 2.55 bits per heavy atom. The fourth-order valence-electron chi connectivity index (χ4n) is 1.44. The van der Waals surface area contributed by atoms with Gasteiger partial charge in [0.25, 0.3) is 11.6 Å². The quantitative estimate of drug-likeness (QED) is 0.399. The molecule has 0 unspecified atom stereocenters. The number of non-ortho nitro benzene ring substituents is 1. The minimum atomic E-state index is -0.475. The van der Waals surface area contributed by atoms with E-state index in [-0.39, 0.29) is 11.6 Å². The van der Waals surface area contributed by atoms with Crippen LogP contribution in [0.1, 0.15) is 5.56 Å². The van der Waals surface area contributed by atoms with Crippen LogP contribution in [0.2, 0.25) is 0 Å². The van der Waals surface area contributed by atoms with Crippen LogP contribution in [0, 0.1) is 10.1 Å². The highest BCUT2D eigenvalue weighted by atomic mass is 35.5. The van der Waals surface area contributed by atoms with Gasteiger partial charge in [-0.3, -0.25) is 14.9 Å². The Bertz CT molecular complexity index is 653. The fraction of sp³-hybridized carbons (Fsp3) is 0. The third-order valence-electron chi connectivity index (χ3n) is 2.32. The van der Waals surface area contributed by atoms with Crippen molar-refractivity contribution in [2.45, 2.75) is 0 Å². The second-order valence-corrected chi connectivity index (χ2v) is 5.89. The van der Waals surface area contributed by atoms with Gasteiger partial charge in [-0.25, -0.2) is 0 Å². The van der Waals surface area contributed by atoms with Crippen molar-refractivity contribution in [3.8, 4) is 0 Å². The van der Waals surface area contributed by atoms with Crippen LogP contribution >= 0.6 is 35.6 Å². The molecule has 0 bridgehead atoms. The Kier molecular flexibility index (Phi) is 4.53. The number of carbonyl (C=O) groups is 1. The zero-order valence-electron chi connectivity index (χ0n) is 9.83. The number of thiocarbonyl (C=S) groups is 1. The van der Waals surface area contributed by atoms with Gasteiger partial charge < -0.3 is 5.32 Å². The van der Waals surface area contributed by atoms with E-state index in [0.717, 1.165) is 11.8 Å². The van der Waals surface area contributed by atoms with Crippen LogP contribution in [0.4, 0.5) is 5.69 Å². The number of hydrogen-bond donors (Lipinski definition) is 1. The normalized spacial score (nSPS) is 17.4. The first-order valence-electron chi connectivity index (χ1n) is 5.32. The molecule has 0 atom stereocenters. The number of amides is 1. The highest BCUT2D eigenvalue weighted by Crippen LogP contribution is 2.26. The zero-order valence-corrected chi connectivity index (χ0v) is 12.2. The van der Waals surface area contributed by atoms with Crippen LogP contribution in [0.15, 0.2) is 40.3 Å². The van der Waals surface area contributed by atoms with Gasteiger partial charge >= 0.3 is 0 Å². The van der Waals surface area contributed by atoms with Crippen LogP contribution in [0.5, 0.6) is 0 Å². The molecular weight excluding hydrogens is 320 g/mol. The average molecular weight is 327 g/mol. The summed E-state index contributed by atoms with van der Waals surface area (Å²) in [4.78, 5) is 21.9. The van der Waals surface area contributed by atoms with Gasteiger partial charge in [-0.05, 0) is 29.8 Å². The second kappa shape index (κ2) is 6.17. The van der Waals surface area contributed by atoms with E-state index in [1.54, 1.807) is 18.2 Å². The first-order valence-corrected chi connectivity index (χ1v) is 6.92. The van der Waals surface area contributed by atoms with Gasteiger partial charge in [0.2, 0.25) is 0 Å². The molecule has 0 saturated carbocycles. The number of hydrogen-bond acceptors (Lipinski definition) is 5. The number of nitrogens with zero attached hydrogens (tertiary/aromatic N) is 1. The Balaban J connectivity index is 2.18. The highest BCUT2D eigenvalue weighted by molar-refractivity contribution is 8.26. The van der Waals surface area contributed by atoms with E-state index in [1.165, 1.54) is 18.2 Å². The summed E-state index contributed by atoms with van der Waals surface area (Å²) in [5, 5.41) is 13.3. The fourth-order valence-corrected chi connectivity index (χ4v) is 2.77. The summed E-state index contributed by atoms with van der Waals surface area (Å²) in [7, 11) is 0. The standard InChI is InChI=1S/C12H7ClN2O3S2/c13-8(6-10-11(16)14-12(19)20-10)5-7-1-3-9(4-2-7)15(17)18/h1-6H,(H,14,16,19)/b8-5+,10-6-. The zero-order chi connectivity index (χ0) is 14.7. The van der Waals surface area contributed by atoms with E-state index < -0.39 is 4.92 Å². The van der Waals surface area contributed by atoms with Gasteiger partial charge in [0, 0.05) is 17.2 Å². The van der Waals surface area contributed by atoms with Crippen molar-refractivity contribution in [2.75, 3.05) is 0 Å². The number of nitrogens with one attached hydrogen (secondary N) is 1. The number of halogens is 1. The first kappa shape index (κ1) is 14.7.